The van der Waals surface area contributed by atoms with E-state index in [1.54, 1.807) is 0 Å². The van der Waals surface area contributed by atoms with E-state index in [9.17, 15) is 0 Å². The fourth-order valence-corrected chi connectivity index (χ4v) is 1.39. The van der Waals surface area contributed by atoms with E-state index in [1.165, 1.54) is 16.6 Å². The first-order chi connectivity index (χ1) is 7.77. The van der Waals surface area contributed by atoms with Crippen LogP contribution < -0.4 is 5.46 Å². The zero-order valence-corrected chi connectivity index (χ0v) is 9.98. The molecule has 1 aromatic carbocycles. The monoisotopic (exact) mass is 208 g/mol. The molecule has 0 aliphatic carbocycles. The van der Waals surface area contributed by atoms with Crippen molar-refractivity contribution in [3.8, 4) is 0 Å². The van der Waals surface area contributed by atoms with E-state index in [2.05, 4.69) is 37.7 Å². The molecule has 0 radical (unpaired) electrons. The second kappa shape index (κ2) is 6.78. The molecule has 0 spiro atoms. The maximum atomic E-state index is 3.81. The molecule has 0 aliphatic heterocycles. The third-order valence-corrected chi connectivity index (χ3v) is 2.34. The van der Waals surface area contributed by atoms with Crippen LogP contribution in [-0.2, 0) is 0 Å². The van der Waals surface area contributed by atoms with Gasteiger partial charge in [-0.2, -0.15) is 0 Å². The van der Waals surface area contributed by atoms with E-state index in [1.807, 2.05) is 44.2 Å². The fourth-order valence-electron chi connectivity index (χ4n) is 1.39. The number of benzene rings is 1. The van der Waals surface area contributed by atoms with Crippen LogP contribution in [0.1, 0.15) is 18.1 Å². The SMILES string of the molecule is C=Bc1cc(/C=C/C=C\C=C/C)ccc1C. The number of hydrogen-bond donors (Lipinski definition) is 0. The Bertz CT molecular complexity index is 437. The molecule has 0 saturated carbocycles. The van der Waals surface area contributed by atoms with Gasteiger partial charge in [0.1, 0.15) is 0 Å². The molecule has 1 aromatic rings. The van der Waals surface area contributed by atoms with Crippen molar-refractivity contribution in [2.45, 2.75) is 13.8 Å². The Labute approximate surface area is 98.9 Å². The summed E-state index contributed by atoms with van der Waals surface area (Å²) in [6.45, 7) is 9.80. The summed E-state index contributed by atoms with van der Waals surface area (Å²) >= 11 is 0. The summed E-state index contributed by atoms with van der Waals surface area (Å²) in [7, 11) is 0. The molecule has 0 saturated heterocycles. The molecule has 80 valence electrons. The quantitative estimate of drug-likeness (QED) is 0.527. The summed E-state index contributed by atoms with van der Waals surface area (Å²) < 4.78 is 0. The van der Waals surface area contributed by atoms with E-state index in [4.69, 9.17) is 0 Å². The zero-order chi connectivity index (χ0) is 11.8. The van der Waals surface area contributed by atoms with E-state index in [-0.39, 0.29) is 0 Å². The molecule has 1 heteroatoms. The first-order valence-corrected chi connectivity index (χ1v) is 5.47. The van der Waals surface area contributed by atoms with E-state index in [0.29, 0.717) is 0 Å². The van der Waals surface area contributed by atoms with Crippen molar-refractivity contribution in [2.75, 3.05) is 0 Å². The van der Waals surface area contributed by atoms with Crippen LogP contribution in [-0.4, -0.2) is 13.4 Å². The van der Waals surface area contributed by atoms with Crippen LogP contribution in [0, 0.1) is 6.92 Å². The van der Waals surface area contributed by atoms with E-state index < -0.39 is 0 Å². The molecule has 0 bridgehead atoms. The predicted octanol–water partition coefficient (Wildman–Crippen LogP) is 2.90. The van der Waals surface area contributed by atoms with Crippen LogP contribution in [0.5, 0.6) is 0 Å². The average Bonchev–Trinajstić information content (AvgIpc) is 2.31. The Morgan fingerprint density at radius 2 is 1.88 bits per heavy atom. The molecule has 0 aromatic heterocycles. The topological polar surface area (TPSA) is 0 Å². The third kappa shape index (κ3) is 3.86. The van der Waals surface area contributed by atoms with Gasteiger partial charge in [-0.05, 0) is 0 Å². The van der Waals surface area contributed by atoms with Crippen LogP contribution in [0.4, 0.5) is 0 Å². The summed E-state index contributed by atoms with van der Waals surface area (Å²) in [6, 6.07) is 6.37. The molecule has 16 heavy (non-hydrogen) atoms. The predicted molar refractivity (Wildman–Crippen MR) is 76.7 cm³/mol. The molecule has 0 heterocycles. The molecule has 0 nitrogen and oxygen atoms in total. The Kier molecular flexibility index (Phi) is 5.28. The van der Waals surface area contributed by atoms with Gasteiger partial charge in [-0.1, -0.05) is 0 Å². The molecule has 0 amide bonds. The summed E-state index contributed by atoms with van der Waals surface area (Å²) in [5, 5.41) is 0. The molecule has 0 atom stereocenters. The Morgan fingerprint density at radius 3 is 2.56 bits per heavy atom. The molecule has 0 N–H and O–H groups in total. The van der Waals surface area contributed by atoms with Crippen LogP contribution in [0.2, 0.25) is 0 Å². The second-order valence-corrected chi connectivity index (χ2v) is 3.59. The summed E-state index contributed by atoms with van der Waals surface area (Å²) in [5.74, 6) is 0. The first kappa shape index (κ1) is 12.4. The molecular weight excluding hydrogens is 191 g/mol. The maximum absolute atomic E-state index is 3.81. The number of aryl methyl sites for hydroxylation is 1. The minimum absolute atomic E-state index is 1.19. The average molecular weight is 208 g/mol. The van der Waals surface area contributed by atoms with E-state index in [0.717, 1.165) is 0 Å². The van der Waals surface area contributed by atoms with Crippen molar-refractivity contribution in [3.05, 3.63) is 59.7 Å². The van der Waals surface area contributed by atoms with Crippen molar-refractivity contribution >= 4 is 24.9 Å². The standard InChI is InChI=1S/C15H17B/c1-4-5-6-7-8-9-14-11-10-13(2)15(12-14)16-3/h4-12H,3H2,1-2H3/b5-4-,7-6-,9-8+. The molecule has 0 unspecified atom stereocenters. The van der Waals surface area contributed by atoms with Crippen LogP contribution in [0.3, 0.4) is 0 Å². The van der Waals surface area contributed by atoms with Crippen molar-refractivity contribution in [2.24, 2.45) is 0 Å². The van der Waals surface area contributed by atoms with Crippen molar-refractivity contribution in [1.29, 1.82) is 0 Å². The minimum atomic E-state index is 1.19. The molecule has 1 rings (SSSR count). The van der Waals surface area contributed by atoms with Gasteiger partial charge in [0.25, 0.3) is 0 Å². The Balaban J connectivity index is 2.78. The number of allylic oxidation sites excluding steroid dienone is 5. The van der Waals surface area contributed by atoms with Crippen molar-refractivity contribution in [1.82, 2.24) is 0 Å². The summed E-state index contributed by atoms with van der Waals surface area (Å²) in [4.78, 5) is 0. The van der Waals surface area contributed by atoms with Gasteiger partial charge in [0.05, 0.1) is 0 Å². The molecular formula is C15H17B. The van der Waals surface area contributed by atoms with Crippen molar-refractivity contribution < 1.29 is 0 Å². The first-order valence-electron chi connectivity index (χ1n) is 5.47. The number of hydrogen-bond acceptors (Lipinski definition) is 0. The van der Waals surface area contributed by atoms with Crippen LogP contribution >= 0.6 is 0 Å². The van der Waals surface area contributed by atoms with Gasteiger partial charge in [0.15, 0.2) is 0 Å². The number of rotatable bonds is 4. The summed E-state index contributed by atoms with van der Waals surface area (Å²) in [6.07, 6.45) is 12.2. The van der Waals surface area contributed by atoms with Gasteiger partial charge in [0.2, 0.25) is 0 Å². The molecule has 0 fully saturated rings. The third-order valence-electron chi connectivity index (χ3n) is 2.34. The van der Waals surface area contributed by atoms with Crippen LogP contribution in [0.25, 0.3) is 6.08 Å². The normalized spacial score (nSPS) is 11.6. The summed E-state index contributed by atoms with van der Waals surface area (Å²) in [5.41, 5.74) is 3.65. The molecule has 0 aliphatic rings. The fraction of sp³-hybridized carbons (Fsp3) is 0.133. The van der Waals surface area contributed by atoms with Gasteiger partial charge < -0.3 is 0 Å². The van der Waals surface area contributed by atoms with Crippen molar-refractivity contribution in [3.63, 3.8) is 0 Å². The van der Waals surface area contributed by atoms with Gasteiger partial charge in [-0.15, -0.1) is 0 Å². The second-order valence-electron chi connectivity index (χ2n) is 3.59. The van der Waals surface area contributed by atoms with Crippen LogP contribution in [0.15, 0.2) is 48.6 Å². The van der Waals surface area contributed by atoms with Gasteiger partial charge >= 0.3 is 98.5 Å². The Morgan fingerprint density at radius 1 is 1.12 bits per heavy atom. The van der Waals surface area contributed by atoms with Gasteiger partial charge in [0, 0.05) is 0 Å². The zero-order valence-electron chi connectivity index (χ0n) is 9.98. The Hall–Kier alpha value is -1.63. The van der Waals surface area contributed by atoms with Gasteiger partial charge in [-0.3, -0.25) is 0 Å². The van der Waals surface area contributed by atoms with E-state index >= 15 is 0 Å². The van der Waals surface area contributed by atoms with Gasteiger partial charge in [-0.25, -0.2) is 0 Å².